The van der Waals surface area contributed by atoms with Gasteiger partial charge in [-0.2, -0.15) is 0 Å². The maximum atomic E-state index is 6.83. The molecule has 7 rings (SSSR count). The fraction of sp³-hybridized carbons (Fsp3) is 0. The summed E-state index contributed by atoms with van der Waals surface area (Å²) in [5, 5.41) is 2.09. The van der Waals surface area contributed by atoms with E-state index in [9.17, 15) is 0 Å². The molecule has 0 aliphatic rings. The Balaban J connectivity index is 1.49. The molecule has 1 heterocycles. The van der Waals surface area contributed by atoms with E-state index < -0.39 is 0 Å². The maximum absolute atomic E-state index is 6.83. The molecule has 3 heteroatoms. The Morgan fingerprint density at radius 3 is 1.12 bits per heavy atom. The van der Waals surface area contributed by atoms with E-state index in [0.29, 0.717) is 0 Å². The first-order valence-electron chi connectivity index (χ1n) is 13.7. The lowest BCUT2D eigenvalue weighted by Gasteiger charge is -2.09. The minimum absolute atomic E-state index is 0.806. The topological polar surface area (TPSA) is 37.9 Å². The Hall–Kier alpha value is -5.54. The van der Waals surface area contributed by atoms with E-state index >= 15 is 0 Å². The third-order valence-corrected chi connectivity index (χ3v) is 7.12. The standard InChI is InChI=1S/C38H26N2O/c1-5-15-27(16-6-1)35(39-29-19-9-3-10-20-29)33-25-13-23-31-32-24-14-26-34(38(32)41-37(31)33)36(28-17-7-2-8-18-28)40-30-21-11-4-12-22-30/h1-26H. The van der Waals surface area contributed by atoms with E-state index in [0.717, 1.165) is 67.0 Å². The van der Waals surface area contributed by atoms with Gasteiger partial charge in [-0.15, -0.1) is 0 Å². The van der Waals surface area contributed by atoms with Gasteiger partial charge in [0.05, 0.1) is 22.8 Å². The summed E-state index contributed by atoms with van der Waals surface area (Å²) in [5.41, 5.74) is 9.07. The summed E-state index contributed by atoms with van der Waals surface area (Å²) in [7, 11) is 0. The van der Waals surface area contributed by atoms with E-state index in [4.69, 9.17) is 14.4 Å². The SMILES string of the molecule is c1ccc(N=C(c2ccccc2)c2cccc3c2oc2c(C(=Nc4ccccc4)c4ccccc4)cccc23)cc1. The van der Waals surface area contributed by atoms with Gasteiger partial charge >= 0.3 is 0 Å². The van der Waals surface area contributed by atoms with Crippen LogP contribution in [0.4, 0.5) is 11.4 Å². The van der Waals surface area contributed by atoms with Gasteiger partial charge in [0.25, 0.3) is 0 Å². The molecule has 0 saturated heterocycles. The van der Waals surface area contributed by atoms with Crippen LogP contribution < -0.4 is 0 Å². The second-order valence-corrected chi connectivity index (χ2v) is 9.79. The molecule has 0 N–H and O–H groups in total. The normalized spacial score (nSPS) is 12.2. The number of fused-ring (bicyclic) bond motifs is 3. The van der Waals surface area contributed by atoms with Crippen LogP contribution in [-0.4, -0.2) is 11.4 Å². The molecule has 0 atom stereocenters. The summed E-state index contributed by atoms with van der Waals surface area (Å²) in [5.74, 6) is 0. The lowest BCUT2D eigenvalue weighted by molar-refractivity contribution is 0.667. The van der Waals surface area contributed by atoms with Gasteiger partial charge in [-0.25, -0.2) is 9.98 Å². The van der Waals surface area contributed by atoms with Crippen LogP contribution in [-0.2, 0) is 0 Å². The first-order valence-corrected chi connectivity index (χ1v) is 13.7. The molecule has 0 bridgehead atoms. The first kappa shape index (κ1) is 24.5. The summed E-state index contributed by atoms with van der Waals surface area (Å²) >= 11 is 0. The van der Waals surface area contributed by atoms with E-state index in [2.05, 4.69) is 60.7 Å². The largest absolute Gasteiger partial charge is 0.455 e. The van der Waals surface area contributed by atoms with E-state index in [1.54, 1.807) is 0 Å². The van der Waals surface area contributed by atoms with Gasteiger partial charge in [-0.3, -0.25) is 0 Å². The second-order valence-electron chi connectivity index (χ2n) is 9.79. The molecule has 0 aliphatic carbocycles. The van der Waals surface area contributed by atoms with Gasteiger partial charge in [-0.1, -0.05) is 121 Å². The monoisotopic (exact) mass is 526 g/mol. The number of aliphatic imine (C=N–C) groups is 2. The van der Waals surface area contributed by atoms with E-state index in [1.807, 2.05) is 97.1 Å². The predicted octanol–water partition coefficient (Wildman–Crippen LogP) is 9.92. The molecule has 0 spiro atoms. The zero-order chi connectivity index (χ0) is 27.4. The third kappa shape index (κ3) is 4.86. The molecule has 0 radical (unpaired) electrons. The predicted molar refractivity (Wildman–Crippen MR) is 170 cm³/mol. The highest BCUT2D eigenvalue weighted by molar-refractivity contribution is 6.25. The highest BCUT2D eigenvalue weighted by atomic mass is 16.3. The average Bonchev–Trinajstić information content (AvgIpc) is 3.44. The summed E-state index contributed by atoms with van der Waals surface area (Å²) in [6.07, 6.45) is 0. The van der Waals surface area contributed by atoms with Crippen molar-refractivity contribution in [1.29, 1.82) is 0 Å². The van der Waals surface area contributed by atoms with Crippen molar-refractivity contribution in [3.8, 4) is 0 Å². The van der Waals surface area contributed by atoms with Crippen LogP contribution in [0.5, 0.6) is 0 Å². The van der Waals surface area contributed by atoms with Crippen LogP contribution in [0.2, 0.25) is 0 Å². The Morgan fingerprint density at radius 1 is 0.366 bits per heavy atom. The number of rotatable bonds is 6. The summed E-state index contributed by atoms with van der Waals surface area (Å²) in [6, 6.07) is 53.3. The molecule has 3 nitrogen and oxygen atoms in total. The zero-order valence-corrected chi connectivity index (χ0v) is 22.3. The Morgan fingerprint density at radius 2 is 0.732 bits per heavy atom. The van der Waals surface area contributed by atoms with Crippen molar-refractivity contribution in [1.82, 2.24) is 0 Å². The van der Waals surface area contributed by atoms with Gasteiger partial charge < -0.3 is 4.42 Å². The van der Waals surface area contributed by atoms with Crippen molar-refractivity contribution >= 4 is 44.7 Å². The number of furan rings is 1. The minimum atomic E-state index is 0.806. The zero-order valence-electron chi connectivity index (χ0n) is 22.3. The van der Waals surface area contributed by atoms with E-state index in [-0.39, 0.29) is 0 Å². The number of hydrogen-bond acceptors (Lipinski definition) is 3. The fourth-order valence-electron chi connectivity index (χ4n) is 5.21. The highest BCUT2D eigenvalue weighted by Crippen LogP contribution is 2.36. The molecule has 0 amide bonds. The van der Waals surface area contributed by atoms with Crippen LogP contribution in [0.3, 0.4) is 0 Å². The number of benzene rings is 6. The first-order chi connectivity index (χ1) is 20.3. The number of hydrogen-bond donors (Lipinski definition) is 0. The highest BCUT2D eigenvalue weighted by Gasteiger charge is 2.20. The van der Waals surface area contributed by atoms with Gasteiger partial charge in [0, 0.05) is 33.0 Å². The van der Waals surface area contributed by atoms with Gasteiger partial charge in [0.1, 0.15) is 11.2 Å². The Bertz CT molecular complexity index is 1860. The van der Waals surface area contributed by atoms with Crippen molar-refractivity contribution in [2.45, 2.75) is 0 Å². The molecule has 41 heavy (non-hydrogen) atoms. The number of para-hydroxylation sites is 4. The molecule has 0 aliphatic heterocycles. The van der Waals surface area contributed by atoms with Crippen molar-refractivity contribution in [2.24, 2.45) is 9.98 Å². The van der Waals surface area contributed by atoms with Crippen LogP contribution in [0.25, 0.3) is 21.9 Å². The molecule has 194 valence electrons. The van der Waals surface area contributed by atoms with E-state index in [1.165, 1.54) is 0 Å². The fourth-order valence-corrected chi connectivity index (χ4v) is 5.21. The van der Waals surface area contributed by atoms with Crippen molar-refractivity contribution < 1.29 is 4.42 Å². The molecule has 0 saturated carbocycles. The number of nitrogens with zero attached hydrogens (tertiary/aromatic N) is 2. The Kier molecular flexibility index (Phi) is 6.52. The molecule has 7 aromatic rings. The lowest BCUT2D eigenvalue weighted by atomic mass is 9.98. The van der Waals surface area contributed by atoms with Gasteiger partial charge in [0.2, 0.25) is 0 Å². The van der Waals surface area contributed by atoms with Crippen molar-refractivity contribution in [3.05, 3.63) is 180 Å². The molecule has 0 fully saturated rings. The van der Waals surface area contributed by atoms with Crippen LogP contribution in [0.1, 0.15) is 22.3 Å². The quantitative estimate of drug-likeness (QED) is 0.199. The third-order valence-electron chi connectivity index (χ3n) is 7.12. The van der Waals surface area contributed by atoms with Crippen LogP contribution in [0, 0.1) is 0 Å². The molecular weight excluding hydrogens is 500 g/mol. The van der Waals surface area contributed by atoms with Gasteiger partial charge in [0.15, 0.2) is 0 Å². The summed E-state index contributed by atoms with van der Waals surface area (Å²) in [4.78, 5) is 10.2. The molecule has 1 aromatic heterocycles. The summed E-state index contributed by atoms with van der Waals surface area (Å²) < 4.78 is 6.83. The Labute approximate surface area is 238 Å². The van der Waals surface area contributed by atoms with Crippen LogP contribution >= 0.6 is 0 Å². The maximum Gasteiger partial charge on any atom is 0.144 e. The molecule has 0 unspecified atom stereocenters. The van der Waals surface area contributed by atoms with Crippen molar-refractivity contribution in [3.63, 3.8) is 0 Å². The second kappa shape index (κ2) is 10.9. The molecular formula is C38H26N2O. The molecule has 6 aromatic carbocycles. The van der Waals surface area contributed by atoms with Gasteiger partial charge in [-0.05, 0) is 36.4 Å². The van der Waals surface area contributed by atoms with Crippen molar-refractivity contribution in [2.75, 3.05) is 0 Å². The summed E-state index contributed by atoms with van der Waals surface area (Å²) in [6.45, 7) is 0. The lowest BCUT2D eigenvalue weighted by Crippen LogP contribution is -2.03. The van der Waals surface area contributed by atoms with Crippen LogP contribution in [0.15, 0.2) is 172 Å². The smallest absolute Gasteiger partial charge is 0.144 e. The minimum Gasteiger partial charge on any atom is -0.455 e. The average molecular weight is 527 g/mol.